The number of nitrogens with two attached hydrogens (primary N) is 1. The quantitative estimate of drug-likeness (QED) is 0.145. The van der Waals surface area contributed by atoms with Crippen molar-refractivity contribution in [2.45, 2.75) is 33.2 Å². The largest absolute Gasteiger partial charge is 0.464 e. The lowest BCUT2D eigenvalue weighted by Crippen LogP contribution is -2.47. The first-order valence-electron chi connectivity index (χ1n) is 10.2. The van der Waals surface area contributed by atoms with Crippen molar-refractivity contribution in [3.63, 3.8) is 0 Å². The van der Waals surface area contributed by atoms with Gasteiger partial charge in [-0.3, -0.25) is 9.59 Å². The van der Waals surface area contributed by atoms with Crippen molar-refractivity contribution < 1.29 is 19.1 Å². The van der Waals surface area contributed by atoms with Gasteiger partial charge in [0.15, 0.2) is 0 Å². The molecular formula is C23H29N5O4. The van der Waals surface area contributed by atoms with E-state index in [1.165, 1.54) is 6.34 Å². The Bertz CT molecular complexity index is 990. The molecule has 9 nitrogen and oxygen atoms in total. The SMILES string of the molecule is CCOC(=O)C(Cc1cc(C)ccc1C)NC(=O)CNC(=O)c1cccc(N=CNN)c1. The minimum Gasteiger partial charge on any atom is -0.464 e. The molecule has 5 N–H and O–H groups in total. The number of carbonyl (C=O) groups is 3. The number of hydrogen-bond donors (Lipinski definition) is 4. The molecule has 170 valence electrons. The molecule has 9 heteroatoms. The molecule has 0 heterocycles. The highest BCUT2D eigenvalue weighted by atomic mass is 16.5. The van der Waals surface area contributed by atoms with E-state index in [0.29, 0.717) is 17.7 Å². The zero-order valence-corrected chi connectivity index (χ0v) is 18.5. The molecule has 2 aromatic carbocycles. The smallest absolute Gasteiger partial charge is 0.328 e. The van der Waals surface area contributed by atoms with Crippen molar-refractivity contribution in [2.75, 3.05) is 13.2 Å². The number of esters is 1. The third-order valence-electron chi connectivity index (χ3n) is 4.64. The number of benzene rings is 2. The van der Waals surface area contributed by atoms with Crippen LogP contribution in [0.4, 0.5) is 5.69 Å². The van der Waals surface area contributed by atoms with Crippen LogP contribution in [0, 0.1) is 13.8 Å². The Balaban J connectivity index is 2.02. The van der Waals surface area contributed by atoms with E-state index in [1.54, 1.807) is 31.2 Å². The number of rotatable bonds is 10. The van der Waals surface area contributed by atoms with Crippen LogP contribution in [0.1, 0.15) is 34.0 Å². The first kappa shape index (κ1) is 24.5. The molecule has 0 saturated heterocycles. The molecule has 0 aliphatic heterocycles. The molecule has 0 radical (unpaired) electrons. The first-order chi connectivity index (χ1) is 15.3. The van der Waals surface area contributed by atoms with E-state index in [0.717, 1.165) is 16.7 Å². The number of hydrogen-bond acceptors (Lipinski definition) is 6. The zero-order chi connectivity index (χ0) is 23.5. The Labute approximate surface area is 187 Å². The van der Waals surface area contributed by atoms with E-state index in [-0.39, 0.29) is 13.2 Å². The van der Waals surface area contributed by atoms with E-state index in [4.69, 9.17) is 10.6 Å². The number of nitrogens with one attached hydrogen (secondary N) is 3. The summed E-state index contributed by atoms with van der Waals surface area (Å²) in [5.41, 5.74) is 6.15. The minimum absolute atomic E-state index is 0.202. The fourth-order valence-corrected chi connectivity index (χ4v) is 3.02. The third kappa shape index (κ3) is 7.51. The van der Waals surface area contributed by atoms with Gasteiger partial charge in [-0.05, 0) is 50.1 Å². The molecule has 1 atom stereocenters. The van der Waals surface area contributed by atoms with Crippen LogP contribution < -0.4 is 21.9 Å². The second-order valence-corrected chi connectivity index (χ2v) is 7.16. The fraction of sp³-hybridized carbons (Fsp3) is 0.304. The standard InChI is InChI=1S/C23H29N5O4/c1-4-32-23(31)20(12-18-10-15(2)8-9-16(18)3)28-21(29)13-25-22(30)17-6-5-7-19(11-17)26-14-27-24/h5-11,14,20H,4,12-13,24H2,1-3H3,(H,25,30)(H,26,27)(H,28,29). The molecule has 2 rings (SSSR count). The number of ether oxygens (including phenoxy) is 1. The topological polar surface area (TPSA) is 135 Å². The molecular weight excluding hydrogens is 410 g/mol. The lowest BCUT2D eigenvalue weighted by molar-refractivity contribution is -0.147. The van der Waals surface area contributed by atoms with Gasteiger partial charge in [0.05, 0.1) is 18.8 Å². The molecule has 1 unspecified atom stereocenters. The van der Waals surface area contributed by atoms with Gasteiger partial charge in [0.1, 0.15) is 12.4 Å². The lowest BCUT2D eigenvalue weighted by atomic mass is 9.99. The van der Waals surface area contributed by atoms with Gasteiger partial charge in [-0.25, -0.2) is 15.6 Å². The van der Waals surface area contributed by atoms with Gasteiger partial charge in [-0.1, -0.05) is 29.8 Å². The van der Waals surface area contributed by atoms with Crippen LogP contribution in [0.2, 0.25) is 0 Å². The highest BCUT2D eigenvalue weighted by Gasteiger charge is 2.23. The Morgan fingerprint density at radius 1 is 1.16 bits per heavy atom. The van der Waals surface area contributed by atoms with E-state index < -0.39 is 23.8 Å². The van der Waals surface area contributed by atoms with Crippen molar-refractivity contribution in [3.8, 4) is 0 Å². The van der Waals surface area contributed by atoms with Gasteiger partial charge in [-0.15, -0.1) is 0 Å². The molecule has 2 aromatic rings. The van der Waals surface area contributed by atoms with Crippen LogP contribution in [-0.2, 0) is 20.7 Å². The Morgan fingerprint density at radius 2 is 1.94 bits per heavy atom. The van der Waals surface area contributed by atoms with Crippen LogP contribution >= 0.6 is 0 Å². The normalized spacial score (nSPS) is 11.6. The average Bonchev–Trinajstić information content (AvgIpc) is 2.78. The lowest BCUT2D eigenvalue weighted by Gasteiger charge is -2.19. The van der Waals surface area contributed by atoms with E-state index >= 15 is 0 Å². The summed E-state index contributed by atoms with van der Waals surface area (Å²) in [6.07, 6.45) is 1.58. The molecule has 0 aromatic heterocycles. The Hall–Kier alpha value is -3.72. The second-order valence-electron chi connectivity index (χ2n) is 7.16. The van der Waals surface area contributed by atoms with Crippen molar-refractivity contribution in [2.24, 2.45) is 10.8 Å². The van der Waals surface area contributed by atoms with Crippen LogP contribution in [0.15, 0.2) is 47.5 Å². The van der Waals surface area contributed by atoms with Crippen molar-refractivity contribution >= 4 is 29.8 Å². The summed E-state index contributed by atoms with van der Waals surface area (Å²) in [5, 5.41) is 5.22. The highest BCUT2D eigenvalue weighted by molar-refractivity contribution is 5.97. The molecule has 32 heavy (non-hydrogen) atoms. The number of hydrazine groups is 1. The maximum absolute atomic E-state index is 12.5. The van der Waals surface area contributed by atoms with E-state index in [9.17, 15) is 14.4 Å². The fourth-order valence-electron chi connectivity index (χ4n) is 3.02. The molecule has 0 spiro atoms. The Kier molecular flexibility index (Phi) is 9.37. The van der Waals surface area contributed by atoms with Gasteiger partial charge in [0, 0.05) is 12.0 Å². The predicted molar refractivity (Wildman–Crippen MR) is 122 cm³/mol. The van der Waals surface area contributed by atoms with Gasteiger partial charge in [0.2, 0.25) is 5.91 Å². The average molecular weight is 440 g/mol. The van der Waals surface area contributed by atoms with Crippen molar-refractivity contribution in [3.05, 3.63) is 64.7 Å². The third-order valence-corrected chi connectivity index (χ3v) is 4.64. The summed E-state index contributed by atoms with van der Waals surface area (Å²) in [4.78, 5) is 41.3. The van der Waals surface area contributed by atoms with Gasteiger partial charge in [-0.2, -0.15) is 0 Å². The van der Waals surface area contributed by atoms with E-state index in [1.807, 2.05) is 32.0 Å². The number of nitrogens with zero attached hydrogens (tertiary/aromatic N) is 1. The maximum Gasteiger partial charge on any atom is 0.328 e. The van der Waals surface area contributed by atoms with Gasteiger partial charge >= 0.3 is 5.97 Å². The summed E-state index contributed by atoms with van der Waals surface area (Å²) < 4.78 is 5.12. The predicted octanol–water partition coefficient (Wildman–Crippen LogP) is 1.45. The molecule has 2 amide bonds. The molecule has 0 fully saturated rings. The minimum atomic E-state index is -0.860. The molecule has 0 aliphatic carbocycles. The number of carbonyl (C=O) groups excluding carboxylic acids is 3. The monoisotopic (exact) mass is 439 g/mol. The molecule has 0 bridgehead atoms. The van der Waals surface area contributed by atoms with Crippen molar-refractivity contribution in [1.82, 2.24) is 16.1 Å². The summed E-state index contributed by atoms with van der Waals surface area (Å²) in [7, 11) is 0. The second kappa shape index (κ2) is 12.2. The number of amides is 2. The number of aliphatic imine (C=N–C) groups is 1. The number of aryl methyl sites for hydroxylation is 2. The zero-order valence-electron chi connectivity index (χ0n) is 18.5. The van der Waals surface area contributed by atoms with Crippen LogP contribution in [0.25, 0.3) is 0 Å². The highest BCUT2D eigenvalue weighted by Crippen LogP contribution is 2.14. The summed E-state index contributed by atoms with van der Waals surface area (Å²) in [6.45, 7) is 5.52. The Morgan fingerprint density at radius 3 is 2.66 bits per heavy atom. The van der Waals surface area contributed by atoms with Crippen LogP contribution in [-0.4, -0.2) is 43.3 Å². The van der Waals surface area contributed by atoms with Crippen LogP contribution in [0.5, 0.6) is 0 Å². The molecule has 0 aliphatic rings. The van der Waals surface area contributed by atoms with Gasteiger partial charge in [0.25, 0.3) is 5.91 Å². The summed E-state index contributed by atoms with van der Waals surface area (Å²) in [6, 6.07) is 11.6. The molecule has 0 saturated carbocycles. The summed E-state index contributed by atoms with van der Waals surface area (Å²) in [5.74, 6) is 3.68. The first-order valence-corrected chi connectivity index (χ1v) is 10.2. The summed E-state index contributed by atoms with van der Waals surface area (Å²) >= 11 is 0. The van der Waals surface area contributed by atoms with Crippen LogP contribution in [0.3, 0.4) is 0 Å². The van der Waals surface area contributed by atoms with Gasteiger partial charge < -0.3 is 20.8 Å². The van der Waals surface area contributed by atoms with Crippen molar-refractivity contribution in [1.29, 1.82) is 0 Å². The van der Waals surface area contributed by atoms with E-state index in [2.05, 4.69) is 21.1 Å². The maximum atomic E-state index is 12.5.